The lowest BCUT2D eigenvalue weighted by atomic mass is 10.0. The molecule has 4 heterocycles. The number of para-hydroxylation sites is 3. The van der Waals surface area contributed by atoms with Gasteiger partial charge >= 0.3 is 0 Å². The molecule has 0 aliphatic rings. The van der Waals surface area contributed by atoms with E-state index >= 15 is 0 Å². The molecule has 8 aromatic rings. The summed E-state index contributed by atoms with van der Waals surface area (Å²) in [5, 5.41) is 5.50. The lowest BCUT2D eigenvalue weighted by Gasteiger charge is -2.15. The third kappa shape index (κ3) is 3.20. The second-order valence-electron chi connectivity index (χ2n) is 10.1. The summed E-state index contributed by atoms with van der Waals surface area (Å²) in [4.78, 5) is 14.1. The maximum atomic E-state index is 5.00. The van der Waals surface area contributed by atoms with Crippen LogP contribution in [0, 0.1) is 0 Å². The molecule has 5 nitrogen and oxygen atoms in total. The molecule has 41 heavy (non-hydrogen) atoms. The number of pyridine rings is 1. The van der Waals surface area contributed by atoms with E-state index in [1.165, 1.54) is 0 Å². The van der Waals surface area contributed by atoms with Gasteiger partial charge in [0.25, 0.3) is 0 Å². The van der Waals surface area contributed by atoms with Crippen molar-refractivity contribution >= 4 is 66.7 Å². The number of nitrogens with zero attached hydrogens (tertiary/aromatic N) is 5. The summed E-state index contributed by atoms with van der Waals surface area (Å²) in [6.45, 7) is 6.36. The average Bonchev–Trinajstić information content (AvgIpc) is 3.54. The Hall–Kier alpha value is -5.55. The monoisotopic (exact) mass is 527 g/mol. The maximum Gasteiger partial charge on any atom is 0.116 e. The third-order valence-electron chi connectivity index (χ3n) is 7.96. The van der Waals surface area contributed by atoms with Crippen molar-refractivity contribution in [3.05, 3.63) is 128 Å². The lowest BCUT2D eigenvalue weighted by molar-refractivity contribution is 1.09. The van der Waals surface area contributed by atoms with Crippen LogP contribution >= 0.6 is 0 Å². The van der Waals surface area contributed by atoms with Crippen LogP contribution in [-0.4, -0.2) is 24.1 Å². The Morgan fingerprint density at radius 2 is 1.54 bits per heavy atom. The van der Waals surface area contributed by atoms with Crippen molar-refractivity contribution < 1.29 is 0 Å². The number of rotatable bonds is 4. The van der Waals surface area contributed by atoms with Crippen LogP contribution in [0.3, 0.4) is 0 Å². The molecule has 0 bridgehead atoms. The molecule has 0 fully saturated rings. The summed E-state index contributed by atoms with van der Waals surface area (Å²) >= 11 is 0. The molecule has 0 aliphatic carbocycles. The molecule has 0 spiro atoms. The van der Waals surface area contributed by atoms with Gasteiger partial charge in [0.1, 0.15) is 6.33 Å². The topological polar surface area (TPSA) is 48.5 Å². The summed E-state index contributed by atoms with van der Waals surface area (Å²) in [5.74, 6) is 0. The zero-order chi connectivity index (χ0) is 27.5. The summed E-state index contributed by atoms with van der Waals surface area (Å²) in [6.07, 6.45) is 11.6. The van der Waals surface area contributed by atoms with Gasteiger partial charge in [-0.05, 0) is 43.3 Å². The molecule has 8 rings (SSSR count). The molecular formula is C36H25N5. The largest absolute Gasteiger partial charge is 0.307 e. The lowest BCUT2D eigenvalue weighted by Crippen LogP contribution is -2.02. The van der Waals surface area contributed by atoms with Crippen molar-refractivity contribution in [2.24, 2.45) is 0 Å². The van der Waals surface area contributed by atoms with E-state index in [4.69, 9.17) is 9.97 Å². The zero-order valence-corrected chi connectivity index (χ0v) is 22.5. The van der Waals surface area contributed by atoms with Crippen LogP contribution < -0.4 is 0 Å². The Kier molecular flexibility index (Phi) is 5.12. The highest BCUT2D eigenvalue weighted by Crippen LogP contribution is 2.46. The maximum absolute atomic E-state index is 5.00. The summed E-state index contributed by atoms with van der Waals surface area (Å²) in [6, 6.07) is 29.7. The van der Waals surface area contributed by atoms with Crippen molar-refractivity contribution in [1.82, 2.24) is 24.1 Å². The first-order valence-electron chi connectivity index (χ1n) is 13.7. The van der Waals surface area contributed by atoms with Crippen molar-refractivity contribution in [2.45, 2.75) is 6.92 Å². The number of fused-ring (bicyclic) bond motifs is 9. The molecule has 5 heteroatoms. The van der Waals surface area contributed by atoms with Gasteiger partial charge in [0.05, 0.1) is 39.0 Å². The van der Waals surface area contributed by atoms with E-state index in [0.29, 0.717) is 0 Å². The van der Waals surface area contributed by atoms with Gasteiger partial charge in [-0.3, -0.25) is 4.98 Å². The van der Waals surface area contributed by atoms with Gasteiger partial charge in [-0.2, -0.15) is 0 Å². The predicted octanol–water partition coefficient (Wildman–Crippen LogP) is 8.90. The molecule has 4 aromatic heterocycles. The highest BCUT2D eigenvalue weighted by atomic mass is 15.1. The van der Waals surface area contributed by atoms with E-state index in [2.05, 4.69) is 119 Å². The Balaban J connectivity index is 1.76. The Morgan fingerprint density at radius 1 is 0.732 bits per heavy atom. The summed E-state index contributed by atoms with van der Waals surface area (Å²) in [5.41, 5.74) is 9.39. The minimum absolute atomic E-state index is 0.891. The van der Waals surface area contributed by atoms with Crippen molar-refractivity contribution in [3.63, 3.8) is 0 Å². The fraction of sp³-hybridized carbons (Fsp3) is 0.0278. The molecular weight excluding hydrogens is 502 g/mol. The molecule has 0 amide bonds. The van der Waals surface area contributed by atoms with Gasteiger partial charge in [-0.1, -0.05) is 73.3 Å². The normalized spacial score (nSPS) is 12.0. The number of aromatic nitrogens is 5. The van der Waals surface area contributed by atoms with Crippen molar-refractivity contribution in [2.75, 3.05) is 0 Å². The first-order chi connectivity index (χ1) is 20.3. The number of hydrogen-bond donors (Lipinski definition) is 0. The summed E-state index contributed by atoms with van der Waals surface area (Å²) < 4.78 is 4.73. The molecule has 0 saturated heterocycles. The van der Waals surface area contributed by atoms with Crippen molar-refractivity contribution in [1.29, 1.82) is 0 Å². The smallest absolute Gasteiger partial charge is 0.116 e. The van der Waals surface area contributed by atoms with E-state index in [1.54, 1.807) is 6.33 Å². The number of hydrogen-bond acceptors (Lipinski definition) is 3. The predicted molar refractivity (Wildman–Crippen MR) is 171 cm³/mol. The average molecular weight is 528 g/mol. The molecule has 0 radical (unpaired) electrons. The zero-order valence-electron chi connectivity index (χ0n) is 22.5. The van der Waals surface area contributed by atoms with Gasteiger partial charge in [-0.15, -0.1) is 0 Å². The van der Waals surface area contributed by atoms with E-state index in [-0.39, 0.29) is 0 Å². The standard InChI is InChI=1S/C36H25N5/c1-3-12-28-25(4-2)31-27-17-11-20-38-34(27)32-26-16-8-9-18-29(26)40(24-14-6-5-7-15-24)36(32)35(31)41(28)30-19-10-13-23-21-37-22-39-33(23)30/h3-22H,2H2,1H3/b12-3-. The van der Waals surface area contributed by atoms with Crippen LogP contribution in [0.2, 0.25) is 0 Å². The summed E-state index contributed by atoms with van der Waals surface area (Å²) in [7, 11) is 0. The van der Waals surface area contributed by atoms with Crippen LogP contribution in [-0.2, 0) is 0 Å². The molecule has 0 atom stereocenters. The van der Waals surface area contributed by atoms with Gasteiger partial charge in [-0.25, -0.2) is 9.97 Å². The highest BCUT2D eigenvalue weighted by Gasteiger charge is 2.26. The van der Waals surface area contributed by atoms with E-state index in [1.807, 2.05) is 24.5 Å². The molecule has 4 aromatic carbocycles. The van der Waals surface area contributed by atoms with Gasteiger partial charge in [0, 0.05) is 50.6 Å². The van der Waals surface area contributed by atoms with Crippen LogP contribution in [0.5, 0.6) is 0 Å². The first kappa shape index (κ1) is 23.3. The Bertz CT molecular complexity index is 2330. The van der Waals surface area contributed by atoms with Gasteiger partial charge in [0.15, 0.2) is 0 Å². The first-order valence-corrected chi connectivity index (χ1v) is 13.7. The molecule has 0 N–H and O–H groups in total. The second kappa shape index (κ2) is 9.00. The SMILES string of the molecule is C=Cc1c(/C=C\C)n(-c2cccc3cncnc23)c2c1c1cccnc1c1c3ccccc3n(-c3ccccc3)c12. The minimum Gasteiger partial charge on any atom is -0.307 e. The fourth-order valence-corrected chi connectivity index (χ4v) is 6.42. The van der Waals surface area contributed by atoms with Crippen LogP contribution in [0.4, 0.5) is 0 Å². The second-order valence-corrected chi connectivity index (χ2v) is 10.1. The third-order valence-corrected chi connectivity index (χ3v) is 7.96. The molecule has 0 unspecified atom stereocenters. The quantitative estimate of drug-likeness (QED) is 0.230. The number of benzene rings is 4. The minimum atomic E-state index is 0.891. The van der Waals surface area contributed by atoms with Gasteiger partial charge in [0.2, 0.25) is 0 Å². The van der Waals surface area contributed by atoms with Gasteiger partial charge < -0.3 is 9.13 Å². The Morgan fingerprint density at radius 3 is 2.39 bits per heavy atom. The fourth-order valence-electron chi connectivity index (χ4n) is 6.42. The molecule has 0 saturated carbocycles. The van der Waals surface area contributed by atoms with Crippen LogP contribution in [0.1, 0.15) is 18.2 Å². The van der Waals surface area contributed by atoms with Crippen LogP contribution in [0.15, 0.2) is 116 Å². The molecule has 194 valence electrons. The van der Waals surface area contributed by atoms with Crippen LogP contribution in [0.25, 0.3) is 78.0 Å². The number of allylic oxidation sites excluding steroid dienone is 1. The highest BCUT2D eigenvalue weighted by molar-refractivity contribution is 6.32. The van der Waals surface area contributed by atoms with E-state index in [0.717, 1.165) is 77.1 Å². The van der Waals surface area contributed by atoms with E-state index < -0.39 is 0 Å². The molecule has 0 aliphatic heterocycles. The van der Waals surface area contributed by atoms with E-state index in [9.17, 15) is 0 Å². The Labute approximate surface area is 236 Å². The van der Waals surface area contributed by atoms with Crippen molar-refractivity contribution in [3.8, 4) is 11.4 Å².